The van der Waals surface area contributed by atoms with Crippen molar-refractivity contribution in [1.82, 2.24) is 0 Å². The molecule has 0 saturated heterocycles. The first-order valence-electron chi connectivity index (χ1n) is 8.10. The highest BCUT2D eigenvalue weighted by Crippen LogP contribution is 2.30. The van der Waals surface area contributed by atoms with Gasteiger partial charge >= 0.3 is 5.97 Å². The van der Waals surface area contributed by atoms with Crippen molar-refractivity contribution in [1.29, 1.82) is 0 Å². The Morgan fingerprint density at radius 1 is 0.815 bits per heavy atom. The average Bonchev–Trinajstić information content (AvgIpc) is 2.92. The number of amides is 2. The van der Waals surface area contributed by atoms with Crippen molar-refractivity contribution in [2.75, 3.05) is 4.90 Å². The molecule has 132 valence electrons. The molecule has 1 aliphatic rings. The van der Waals surface area contributed by atoms with E-state index < -0.39 is 11.9 Å². The van der Waals surface area contributed by atoms with Crippen LogP contribution >= 0.6 is 15.9 Å². The first-order valence-corrected chi connectivity index (χ1v) is 8.89. The standard InChI is InChI=1S/C21H12BrNO4/c22-14-8-11-17-18(12-14)20(25)23(19(17)24)15-9-6-13(7-10-15)21(26)27-16-4-2-1-3-5-16/h1-12H. The number of carbonyl (C=O) groups is 3. The molecule has 0 radical (unpaired) electrons. The van der Waals surface area contributed by atoms with E-state index in [-0.39, 0.29) is 5.91 Å². The van der Waals surface area contributed by atoms with E-state index in [1.807, 2.05) is 6.07 Å². The Kier molecular flexibility index (Phi) is 4.33. The van der Waals surface area contributed by atoms with Crippen molar-refractivity contribution in [2.45, 2.75) is 0 Å². The lowest BCUT2D eigenvalue weighted by molar-refractivity contribution is 0.0734. The summed E-state index contributed by atoms with van der Waals surface area (Å²) >= 11 is 3.31. The van der Waals surface area contributed by atoms with Gasteiger partial charge in [-0.15, -0.1) is 0 Å². The molecule has 0 saturated carbocycles. The minimum absolute atomic E-state index is 0.321. The maximum absolute atomic E-state index is 12.6. The van der Waals surface area contributed by atoms with Gasteiger partial charge in [-0.25, -0.2) is 9.69 Å². The van der Waals surface area contributed by atoms with Gasteiger partial charge < -0.3 is 4.74 Å². The lowest BCUT2D eigenvalue weighted by atomic mass is 10.1. The van der Waals surface area contributed by atoms with Crippen LogP contribution in [-0.4, -0.2) is 17.8 Å². The number of imide groups is 1. The highest BCUT2D eigenvalue weighted by atomic mass is 79.9. The minimum atomic E-state index is -0.515. The van der Waals surface area contributed by atoms with Gasteiger partial charge in [-0.05, 0) is 54.6 Å². The van der Waals surface area contributed by atoms with Crippen LogP contribution < -0.4 is 9.64 Å². The minimum Gasteiger partial charge on any atom is -0.423 e. The summed E-state index contributed by atoms with van der Waals surface area (Å²) in [6, 6.07) is 19.9. The van der Waals surface area contributed by atoms with E-state index in [0.717, 1.165) is 9.37 Å². The molecule has 0 fully saturated rings. The quantitative estimate of drug-likeness (QED) is 0.355. The van der Waals surface area contributed by atoms with E-state index in [9.17, 15) is 14.4 Å². The molecule has 3 aromatic rings. The highest BCUT2D eigenvalue weighted by molar-refractivity contribution is 9.10. The lowest BCUT2D eigenvalue weighted by Gasteiger charge is -2.14. The Morgan fingerprint density at radius 3 is 2.19 bits per heavy atom. The molecule has 5 nitrogen and oxygen atoms in total. The van der Waals surface area contributed by atoms with Crippen molar-refractivity contribution >= 4 is 39.4 Å². The Bertz CT molecular complexity index is 1060. The molecular weight excluding hydrogens is 410 g/mol. The van der Waals surface area contributed by atoms with Gasteiger partial charge in [0.15, 0.2) is 0 Å². The summed E-state index contributed by atoms with van der Waals surface area (Å²) < 4.78 is 6.01. The Labute approximate surface area is 163 Å². The molecule has 0 aliphatic carbocycles. The van der Waals surface area contributed by atoms with Crippen LogP contribution in [0.2, 0.25) is 0 Å². The molecule has 6 heteroatoms. The first kappa shape index (κ1) is 17.2. The summed E-state index contributed by atoms with van der Waals surface area (Å²) in [7, 11) is 0. The summed E-state index contributed by atoms with van der Waals surface area (Å²) in [5.74, 6) is -0.852. The van der Waals surface area contributed by atoms with E-state index in [2.05, 4.69) is 15.9 Å². The smallest absolute Gasteiger partial charge is 0.343 e. The van der Waals surface area contributed by atoms with Crippen LogP contribution in [-0.2, 0) is 0 Å². The summed E-state index contributed by atoms with van der Waals surface area (Å²) in [6.07, 6.45) is 0. The van der Waals surface area contributed by atoms with E-state index in [1.165, 1.54) is 12.1 Å². The van der Waals surface area contributed by atoms with Crippen molar-refractivity contribution in [2.24, 2.45) is 0 Å². The SMILES string of the molecule is O=C(Oc1ccccc1)c1ccc(N2C(=O)c3ccc(Br)cc3C2=O)cc1. The van der Waals surface area contributed by atoms with Gasteiger partial charge in [0, 0.05) is 4.47 Å². The fourth-order valence-corrected chi connectivity index (χ4v) is 3.21. The third-order valence-electron chi connectivity index (χ3n) is 4.16. The van der Waals surface area contributed by atoms with Crippen LogP contribution in [0.1, 0.15) is 31.1 Å². The van der Waals surface area contributed by atoms with Crippen LogP contribution in [0, 0.1) is 0 Å². The molecule has 0 N–H and O–H groups in total. The highest BCUT2D eigenvalue weighted by Gasteiger charge is 2.36. The predicted molar refractivity (Wildman–Crippen MR) is 103 cm³/mol. The van der Waals surface area contributed by atoms with Crippen molar-refractivity contribution in [3.8, 4) is 5.75 Å². The van der Waals surface area contributed by atoms with Gasteiger partial charge in [0.25, 0.3) is 11.8 Å². The Balaban J connectivity index is 1.57. The molecule has 27 heavy (non-hydrogen) atoms. The van der Waals surface area contributed by atoms with Crippen LogP contribution in [0.15, 0.2) is 77.3 Å². The van der Waals surface area contributed by atoms with Gasteiger partial charge in [-0.2, -0.15) is 0 Å². The fraction of sp³-hybridized carbons (Fsp3) is 0. The normalized spacial score (nSPS) is 12.9. The number of nitrogens with zero attached hydrogens (tertiary/aromatic N) is 1. The van der Waals surface area contributed by atoms with Gasteiger partial charge in [-0.1, -0.05) is 34.1 Å². The van der Waals surface area contributed by atoms with E-state index in [1.54, 1.807) is 54.6 Å². The topological polar surface area (TPSA) is 63.7 Å². The first-order chi connectivity index (χ1) is 13.0. The second-order valence-electron chi connectivity index (χ2n) is 5.89. The fourth-order valence-electron chi connectivity index (χ4n) is 2.85. The molecular formula is C21H12BrNO4. The van der Waals surface area contributed by atoms with Crippen LogP contribution in [0.3, 0.4) is 0 Å². The summed E-state index contributed by atoms with van der Waals surface area (Å²) in [6.45, 7) is 0. The van der Waals surface area contributed by atoms with Crippen molar-refractivity contribution in [3.05, 3.63) is 94.0 Å². The number of fused-ring (bicyclic) bond motifs is 1. The number of hydrogen-bond acceptors (Lipinski definition) is 4. The molecule has 1 aliphatic heterocycles. The van der Waals surface area contributed by atoms with E-state index in [0.29, 0.717) is 28.1 Å². The Morgan fingerprint density at radius 2 is 1.48 bits per heavy atom. The second kappa shape index (κ2) is 6.81. The van der Waals surface area contributed by atoms with Gasteiger partial charge in [0.1, 0.15) is 5.75 Å². The van der Waals surface area contributed by atoms with Crippen molar-refractivity contribution in [3.63, 3.8) is 0 Å². The molecule has 0 bridgehead atoms. The van der Waals surface area contributed by atoms with E-state index in [4.69, 9.17) is 4.74 Å². The monoisotopic (exact) mass is 421 g/mol. The zero-order chi connectivity index (χ0) is 19.0. The second-order valence-corrected chi connectivity index (χ2v) is 6.80. The summed E-state index contributed by atoms with van der Waals surface area (Å²) in [5.41, 5.74) is 1.42. The number of hydrogen-bond donors (Lipinski definition) is 0. The van der Waals surface area contributed by atoms with Gasteiger partial charge in [0.2, 0.25) is 0 Å². The van der Waals surface area contributed by atoms with Crippen LogP contribution in [0.25, 0.3) is 0 Å². The predicted octanol–water partition coefficient (Wildman–Crippen LogP) is 4.47. The number of halogens is 1. The van der Waals surface area contributed by atoms with Gasteiger partial charge in [0.05, 0.1) is 22.4 Å². The number of esters is 1. The molecule has 1 heterocycles. The Hall–Kier alpha value is -3.25. The molecule has 0 spiro atoms. The number of carbonyl (C=O) groups excluding carboxylic acids is 3. The molecule has 0 aromatic heterocycles. The third kappa shape index (κ3) is 3.15. The zero-order valence-corrected chi connectivity index (χ0v) is 15.5. The molecule has 2 amide bonds. The summed E-state index contributed by atoms with van der Waals surface area (Å²) in [5, 5.41) is 0. The van der Waals surface area contributed by atoms with Gasteiger partial charge in [-0.3, -0.25) is 9.59 Å². The molecule has 0 unspecified atom stereocenters. The maximum atomic E-state index is 12.6. The molecule has 0 atom stereocenters. The number of para-hydroxylation sites is 1. The van der Waals surface area contributed by atoms with Crippen LogP contribution in [0.4, 0.5) is 5.69 Å². The largest absolute Gasteiger partial charge is 0.423 e. The zero-order valence-electron chi connectivity index (χ0n) is 13.9. The third-order valence-corrected chi connectivity index (χ3v) is 4.66. The van der Waals surface area contributed by atoms with E-state index >= 15 is 0 Å². The number of rotatable bonds is 3. The summed E-state index contributed by atoms with van der Waals surface area (Å²) in [4.78, 5) is 38.5. The maximum Gasteiger partial charge on any atom is 0.343 e. The lowest BCUT2D eigenvalue weighted by Crippen LogP contribution is -2.29. The van der Waals surface area contributed by atoms with Crippen LogP contribution in [0.5, 0.6) is 5.75 Å². The molecule has 3 aromatic carbocycles. The molecule has 4 rings (SSSR count). The number of benzene rings is 3. The number of ether oxygens (including phenoxy) is 1. The number of anilines is 1. The average molecular weight is 422 g/mol. The van der Waals surface area contributed by atoms with Crippen molar-refractivity contribution < 1.29 is 19.1 Å².